The standard InChI is InChI=1S/C19H19ClO2/c1-2-22-19(21)18-12-15-6-4-3-5-14(15)11-17(18)13-7-9-16(20)10-8-13/h7-12H,2-6H2,1H3. The molecule has 3 rings (SSSR count). The maximum Gasteiger partial charge on any atom is 0.338 e. The van der Waals surface area contributed by atoms with Crippen molar-refractivity contribution in [3.8, 4) is 11.1 Å². The van der Waals surface area contributed by atoms with Crippen LogP contribution in [0.1, 0.15) is 41.3 Å². The Morgan fingerprint density at radius 1 is 1.09 bits per heavy atom. The van der Waals surface area contributed by atoms with Gasteiger partial charge in [0.15, 0.2) is 0 Å². The smallest absolute Gasteiger partial charge is 0.338 e. The van der Waals surface area contributed by atoms with Crippen molar-refractivity contribution in [2.45, 2.75) is 32.6 Å². The second kappa shape index (κ2) is 6.53. The van der Waals surface area contributed by atoms with Gasteiger partial charge in [-0.3, -0.25) is 0 Å². The van der Waals surface area contributed by atoms with E-state index in [9.17, 15) is 4.79 Å². The molecule has 0 unspecified atom stereocenters. The quantitative estimate of drug-likeness (QED) is 0.740. The number of halogens is 1. The van der Waals surface area contributed by atoms with E-state index in [4.69, 9.17) is 16.3 Å². The highest BCUT2D eigenvalue weighted by atomic mass is 35.5. The van der Waals surface area contributed by atoms with Gasteiger partial charge in [-0.1, -0.05) is 29.8 Å². The van der Waals surface area contributed by atoms with E-state index in [1.807, 2.05) is 37.3 Å². The molecule has 0 bridgehead atoms. The number of carbonyl (C=O) groups is 1. The van der Waals surface area contributed by atoms with Crippen LogP contribution in [0.3, 0.4) is 0 Å². The van der Waals surface area contributed by atoms with Crippen LogP contribution in [-0.2, 0) is 17.6 Å². The summed E-state index contributed by atoms with van der Waals surface area (Å²) in [4.78, 5) is 12.3. The number of rotatable bonds is 3. The topological polar surface area (TPSA) is 26.3 Å². The predicted octanol–water partition coefficient (Wildman–Crippen LogP) is 5.06. The maximum atomic E-state index is 12.3. The van der Waals surface area contributed by atoms with Gasteiger partial charge in [-0.2, -0.15) is 0 Å². The Bertz CT molecular complexity index is 689. The zero-order chi connectivity index (χ0) is 15.5. The summed E-state index contributed by atoms with van der Waals surface area (Å²) < 4.78 is 5.24. The SMILES string of the molecule is CCOC(=O)c1cc2c(cc1-c1ccc(Cl)cc1)CCCC2. The minimum Gasteiger partial charge on any atom is -0.462 e. The number of aryl methyl sites for hydroxylation is 2. The Morgan fingerprint density at radius 2 is 1.73 bits per heavy atom. The van der Waals surface area contributed by atoms with Gasteiger partial charge in [0.25, 0.3) is 0 Å². The number of fused-ring (bicyclic) bond motifs is 1. The summed E-state index contributed by atoms with van der Waals surface area (Å²) in [5, 5.41) is 0.694. The monoisotopic (exact) mass is 314 g/mol. The van der Waals surface area contributed by atoms with Gasteiger partial charge in [0.2, 0.25) is 0 Å². The Kier molecular flexibility index (Phi) is 4.49. The van der Waals surface area contributed by atoms with E-state index in [1.165, 1.54) is 24.0 Å². The molecular weight excluding hydrogens is 296 g/mol. The van der Waals surface area contributed by atoms with Gasteiger partial charge < -0.3 is 4.74 Å². The molecule has 1 aliphatic carbocycles. The van der Waals surface area contributed by atoms with Crippen LogP contribution in [-0.4, -0.2) is 12.6 Å². The number of ether oxygens (including phenoxy) is 1. The Balaban J connectivity index is 2.12. The molecule has 114 valence electrons. The predicted molar refractivity (Wildman–Crippen MR) is 89.5 cm³/mol. The first kappa shape index (κ1) is 15.1. The van der Waals surface area contributed by atoms with Crippen molar-refractivity contribution in [2.75, 3.05) is 6.61 Å². The van der Waals surface area contributed by atoms with E-state index < -0.39 is 0 Å². The molecule has 0 aliphatic heterocycles. The second-order valence-electron chi connectivity index (χ2n) is 5.60. The van der Waals surface area contributed by atoms with E-state index in [1.54, 1.807) is 0 Å². The average molecular weight is 315 g/mol. The first-order valence-corrected chi connectivity index (χ1v) is 8.15. The van der Waals surface area contributed by atoms with E-state index in [0.29, 0.717) is 17.2 Å². The molecule has 2 aromatic carbocycles. The lowest BCUT2D eigenvalue weighted by Gasteiger charge is -2.19. The van der Waals surface area contributed by atoms with Crippen molar-refractivity contribution in [1.29, 1.82) is 0 Å². The van der Waals surface area contributed by atoms with Crippen molar-refractivity contribution in [1.82, 2.24) is 0 Å². The molecule has 0 saturated heterocycles. The van der Waals surface area contributed by atoms with Crippen LogP contribution in [0.2, 0.25) is 5.02 Å². The van der Waals surface area contributed by atoms with E-state index in [2.05, 4.69) is 6.07 Å². The second-order valence-corrected chi connectivity index (χ2v) is 6.04. The number of hydrogen-bond acceptors (Lipinski definition) is 2. The Labute approximate surface area is 136 Å². The van der Waals surface area contributed by atoms with Crippen molar-refractivity contribution >= 4 is 17.6 Å². The molecule has 3 heteroatoms. The van der Waals surface area contributed by atoms with Crippen LogP contribution < -0.4 is 0 Å². The average Bonchev–Trinajstić information content (AvgIpc) is 2.54. The number of hydrogen-bond donors (Lipinski definition) is 0. The lowest BCUT2D eigenvalue weighted by Crippen LogP contribution is -2.11. The summed E-state index contributed by atoms with van der Waals surface area (Å²) >= 11 is 5.97. The summed E-state index contributed by atoms with van der Waals surface area (Å²) in [6, 6.07) is 11.8. The van der Waals surface area contributed by atoms with Crippen LogP contribution in [0, 0.1) is 0 Å². The normalized spacial score (nSPS) is 13.5. The van der Waals surface area contributed by atoms with Gasteiger partial charge in [0, 0.05) is 5.02 Å². The molecule has 0 saturated carbocycles. The van der Waals surface area contributed by atoms with Crippen molar-refractivity contribution in [3.05, 3.63) is 58.1 Å². The number of carbonyl (C=O) groups excluding carboxylic acids is 1. The fourth-order valence-electron chi connectivity index (χ4n) is 3.03. The van der Waals surface area contributed by atoms with Crippen molar-refractivity contribution in [2.24, 2.45) is 0 Å². The lowest BCUT2D eigenvalue weighted by molar-refractivity contribution is 0.0527. The van der Waals surface area contributed by atoms with Gasteiger partial charge in [0.1, 0.15) is 0 Å². The molecule has 0 spiro atoms. The zero-order valence-electron chi connectivity index (χ0n) is 12.7. The van der Waals surface area contributed by atoms with E-state index in [0.717, 1.165) is 24.0 Å². The van der Waals surface area contributed by atoms with Gasteiger partial charge in [-0.25, -0.2) is 4.79 Å². The molecule has 1 aliphatic rings. The van der Waals surface area contributed by atoms with Gasteiger partial charge >= 0.3 is 5.97 Å². The molecule has 0 heterocycles. The number of esters is 1. The molecule has 0 N–H and O–H groups in total. The highest BCUT2D eigenvalue weighted by molar-refractivity contribution is 6.30. The first-order chi connectivity index (χ1) is 10.7. The van der Waals surface area contributed by atoms with Crippen molar-refractivity contribution in [3.63, 3.8) is 0 Å². The molecule has 0 aromatic heterocycles. The molecule has 2 aromatic rings. The van der Waals surface area contributed by atoms with Crippen LogP contribution >= 0.6 is 11.6 Å². The Hall–Kier alpha value is -1.80. The largest absolute Gasteiger partial charge is 0.462 e. The van der Waals surface area contributed by atoms with Crippen LogP contribution in [0.15, 0.2) is 36.4 Å². The van der Waals surface area contributed by atoms with Gasteiger partial charge in [-0.05, 0) is 73.1 Å². The van der Waals surface area contributed by atoms with Crippen molar-refractivity contribution < 1.29 is 9.53 Å². The molecule has 22 heavy (non-hydrogen) atoms. The molecule has 0 amide bonds. The van der Waals surface area contributed by atoms with Gasteiger partial charge in [0.05, 0.1) is 12.2 Å². The summed E-state index contributed by atoms with van der Waals surface area (Å²) in [6.07, 6.45) is 4.53. The van der Waals surface area contributed by atoms with Gasteiger partial charge in [-0.15, -0.1) is 0 Å². The lowest BCUT2D eigenvalue weighted by atomic mass is 9.86. The van der Waals surface area contributed by atoms with E-state index in [-0.39, 0.29) is 5.97 Å². The van der Waals surface area contributed by atoms with E-state index >= 15 is 0 Å². The maximum absolute atomic E-state index is 12.3. The zero-order valence-corrected chi connectivity index (χ0v) is 13.5. The molecule has 0 radical (unpaired) electrons. The molecule has 0 fully saturated rings. The molecule has 0 atom stereocenters. The highest BCUT2D eigenvalue weighted by Gasteiger charge is 2.19. The Morgan fingerprint density at radius 3 is 2.36 bits per heavy atom. The first-order valence-electron chi connectivity index (χ1n) is 7.78. The minimum atomic E-state index is -0.249. The third kappa shape index (κ3) is 3.02. The minimum absolute atomic E-state index is 0.249. The number of benzene rings is 2. The fourth-order valence-corrected chi connectivity index (χ4v) is 3.16. The summed E-state index contributed by atoms with van der Waals surface area (Å²) in [7, 11) is 0. The third-order valence-corrected chi connectivity index (χ3v) is 4.38. The molecular formula is C19H19ClO2. The summed E-state index contributed by atoms with van der Waals surface area (Å²) in [5.74, 6) is -0.249. The van der Waals surface area contributed by atoms with Crippen LogP contribution in [0.25, 0.3) is 11.1 Å². The summed E-state index contributed by atoms with van der Waals surface area (Å²) in [5.41, 5.74) is 5.23. The highest BCUT2D eigenvalue weighted by Crippen LogP contribution is 2.32. The molecule has 2 nitrogen and oxygen atoms in total. The summed E-state index contributed by atoms with van der Waals surface area (Å²) in [6.45, 7) is 2.22. The van der Waals surface area contributed by atoms with Crippen LogP contribution in [0.4, 0.5) is 0 Å². The third-order valence-electron chi connectivity index (χ3n) is 4.13. The van der Waals surface area contributed by atoms with Crippen LogP contribution in [0.5, 0.6) is 0 Å². The fraction of sp³-hybridized carbons (Fsp3) is 0.316.